The Kier molecular flexibility index (Phi) is 3.87. The summed E-state index contributed by atoms with van der Waals surface area (Å²) in [6.07, 6.45) is 0. The van der Waals surface area contributed by atoms with Gasteiger partial charge in [-0.2, -0.15) is 0 Å². The molecule has 1 nitrogen and oxygen atoms in total. The third kappa shape index (κ3) is 2.65. The van der Waals surface area contributed by atoms with Crippen LogP contribution in [0.15, 0.2) is 42.5 Å². The van der Waals surface area contributed by atoms with Crippen LogP contribution in [-0.2, 0) is 5.88 Å². The molecule has 0 radical (unpaired) electrons. The van der Waals surface area contributed by atoms with Crippen molar-refractivity contribution in [3.05, 3.63) is 59.4 Å². The summed E-state index contributed by atoms with van der Waals surface area (Å²) in [5, 5.41) is 0. The zero-order chi connectivity index (χ0) is 13.1. The molecule has 94 valence electrons. The van der Waals surface area contributed by atoms with E-state index in [0.29, 0.717) is 11.6 Å². The lowest BCUT2D eigenvalue weighted by Gasteiger charge is -2.20. The van der Waals surface area contributed by atoms with E-state index < -0.39 is 0 Å². The molecule has 0 N–H and O–H groups in total. The fourth-order valence-corrected chi connectivity index (χ4v) is 2.05. The van der Waals surface area contributed by atoms with Gasteiger partial charge in [0.05, 0.1) is 5.69 Å². The van der Waals surface area contributed by atoms with E-state index in [2.05, 4.69) is 0 Å². The minimum Gasteiger partial charge on any atom is -0.342 e. The number of alkyl halides is 1. The zero-order valence-corrected chi connectivity index (χ0v) is 11.2. The van der Waals surface area contributed by atoms with E-state index in [4.69, 9.17) is 11.6 Å². The second-order valence-corrected chi connectivity index (χ2v) is 4.58. The summed E-state index contributed by atoms with van der Waals surface area (Å²) in [5.41, 5.74) is 3.45. The smallest absolute Gasteiger partial charge is 0.147 e. The summed E-state index contributed by atoms with van der Waals surface area (Å²) < 4.78 is 14.0. The Bertz CT molecular complexity index is 554. The third-order valence-electron chi connectivity index (χ3n) is 2.92. The normalized spacial score (nSPS) is 10.4. The molecule has 2 aromatic carbocycles. The van der Waals surface area contributed by atoms with E-state index in [1.54, 1.807) is 6.07 Å². The largest absolute Gasteiger partial charge is 0.342 e. The van der Waals surface area contributed by atoms with Crippen LogP contribution in [0.2, 0.25) is 0 Å². The summed E-state index contributed by atoms with van der Waals surface area (Å²) in [5.74, 6) is 0.0721. The molecule has 0 saturated heterocycles. The molecule has 18 heavy (non-hydrogen) atoms. The molecular weight excluding hydrogens is 249 g/mol. The number of benzene rings is 2. The summed E-state index contributed by atoms with van der Waals surface area (Å²) in [6.45, 7) is 2.02. The Hall–Kier alpha value is -1.54. The van der Waals surface area contributed by atoms with Crippen molar-refractivity contribution in [2.45, 2.75) is 12.8 Å². The topological polar surface area (TPSA) is 3.24 Å². The van der Waals surface area contributed by atoms with Gasteiger partial charge in [0.2, 0.25) is 0 Å². The van der Waals surface area contributed by atoms with E-state index in [9.17, 15) is 4.39 Å². The fourth-order valence-electron chi connectivity index (χ4n) is 1.88. The van der Waals surface area contributed by atoms with Gasteiger partial charge in [0.25, 0.3) is 0 Å². The van der Waals surface area contributed by atoms with E-state index in [1.165, 1.54) is 6.07 Å². The molecule has 0 saturated carbocycles. The van der Waals surface area contributed by atoms with Gasteiger partial charge in [-0.3, -0.25) is 0 Å². The molecule has 0 bridgehead atoms. The highest BCUT2D eigenvalue weighted by Gasteiger charge is 2.10. The van der Waals surface area contributed by atoms with Gasteiger partial charge in [0, 0.05) is 18.6 Å². The number of hydrogen-bond acceptors (Lipinski definition) is 1. The van der Waals surface area contributed by atoms with E-state index >= 15 is 0 Å². The summed E-state index contributed by atoms with van der Waals surface area (Å²) in [6, 6.07) is 13.1. The Morgan fingerprint density at radius 1 is 1.17 bits per heavy atom. The Morgan fingerprint density at radius 2 is 1.94 bits per heavy atom. The zero-order valence-electron chi connectivity index (χ0n) is 10.5. The SMILES string of the molecule is Cc1cccc(N(C)c2ccc(CCl)cc2F)c1. The standard InChI is InChI=1S/C15H15ClFN/c1-11-4-3-5-13(8-11)18(2)15-7-6-12(10-16)9-14(15)17/h3-9H,10H2,1-2H3. The lowest BCUT2D eigenvalue weighted by atomic mass is 10.1. The van der Waals surface area contributed by atoms with Crippen LogP contribution in [-0.4, -0.2) is 7.05 Å². The molecule has 0 aliphatic carbocycles. The van der Waals surface area contributed by atoms with Crippen molar-refractivity contribution in [2.24, 2.45) is 0 Å². The van der Waals surface area contributed by atoms with Gasteiger partial charge in [-0.15, -0.1) is 11.6 Å². The number of anilines is 2. The average Bonchev–Trinajstić information content (AvgIpc) is 2.37. The van der Waals surface area contributed by atoms with Crippen LogP contribution >= 0.6 is 11.6 Å². The first-order valence-electron chi connectivity index (χ1n) is 5.76. The van der Waals surface area contributed by atoms with Gasteiger partial charge in [-0.05, 0) is 42.3 Å². The second kappa shape index (κ2) is 5.40. The first kappa shape index (κ1) is 12.9. The Morgan fingerprint density at radius 3 is 2.56 bits per heavy atom. The molecule has 2 aromatic rings. The fraction of sp³-hybridized carbons (Fsp3) is 0.200. The predicted molar refractivity (Wildman–Crippen MR) is 75.2 cm³/mol. The van der Waals surface area contributed by atoms with Gasteiger partial charge >= 0.3 is 0 Å². The summed E-state index contributed by atoms with van der Waals surface area (Å²) in [7, 11) is 1.85. The highest BCUT2D eigenvalue weighted by Crippen LogP contribution is 2.27. The van der Waals surface area contributed by atoms with Crippen molar-refractivity contribution >= 4 is 23.0 Å². The van der Waals surface area contributed by atoms with Gasteiger partial charge in [0.15, 0.2) is 0 Å². The molecule has 0 heterocycles. The van der Waals surface area contributed by atoms with Crippen LogP contribution < -0.4 is 4.90 Å². The molecule has 0 aliphatic heterocycles. The summed E-state index contributed by atoms with van der Waals surface area (Å²) in [4.78, 5) is 1.83. The molecule has 0 atom stereocenters. The number of aryl methyl sites for hydroxylation is 1. The third-order valence-corrected chi connectivity index (χ3v) is 3.23. The molecule has 0 fully saturated rings. The van der Waals surface area contributed by atoms with Gasteiger partial charge in [-0.25, -0.2) is 4.39 Å². The molecule has 3 heteroatoms. The maximum atomic E-state index is 14.0. The van der Waals surface area contributed by atoms with Crippen molar-refractivity contribution in [1.82, 2.24) is 0 Å². The Labute approximate surface area is 112 Å². The van der Waals surface area contributed by atoms with Crippen molar-refractivity contribution in [2.75, 3.05) is 11.9 Å². The van der Waals surface area contributed by atoms with Crippen LogP contribution in [0.25, 0.3) is 0 Å². The molecule has 0 unspecified atom stereocenters. The number of hydrogen-bond donors (Lipinski definition) is 0. The van der Waals surface area contributed by atoms with Gasteiger partial charge < -0.3 is 4.90 Å². The van der Waals surface area contributed by atoms with Crippen molar-refractivity contribution in [3.63, 3.8) is 0 Å². The predicted octanol–water partition coefficient (Wildman–Crippen LogP) is 4.64. The van der Waals surface area contributed by atoms with Crippen LogP contribution in [0.3, 0.4) is 0 Å². The van der Waals surface area contributed by atoms with Gasteiger partial charge in [0.1, 0.15) is 5.82 Å². The monoisotopic (exact) mass is 263 g/mol. The second-order valence-electron chi connectivity index (χ2n) is 4.32. The van der Waals surface area contributed by atoms with Crippen LogP contribution in [0, 0.1) is 12.7 Å². The maximum absolute atomic E-state index is 14.0. The highest BCUT2D eigenvalue weighted by molar-refractivity contribution is 6.17. The van der Waals surface area contributed by atoms with E-state index in [0.717, 1.165) is 16.8 Å². The van der Waals surface area contributed by atoms with Gasteiger partial charge in [-0.1, -0.05) is 18.2 Å². The minimum atomic E-state index is -0.253. The molecule has 0 aromatic heterocycles. The van der Waals surface area contributed by atoms with Crippen molar-refractivity contribution in [1.29, 1.82) is 0 Å². The van der Waals surface area contributed by atoms with Crippen molar-refractivity contribution < 1.29 is 4.39 Å². The molecular formula is C15H15ClFN. The number of rotatable bonds is 3. The molecule has 0 amide bonds. The maximum Gasteiger partial charge on any atom is 0.147 e. The molecule has 0 spiro atoms. The lowest BCUT2D eigenvalue weighted by Crippen LogP contribution is -2.11. The Balaban J connectivity index is 2.37. The van der Waals surface area contributed by atoms with E-state index in [-0.39, 0.29) is 5.82 Å². The van der Waals surface area contributed by atoms with Crippen LogP contribution in [0.5, 0.6) is 0 Å². The highest BCUT2D eigenvalue weighted by atomic mass is 35.5. The van der Waals surface area contributed by atoms with Crippen molar-refractivity contribution in [3.8, 4) is 0 Å². The average molecular weight is 264 g/mol. The van der Waals surface area contributed by atoms with Crippen LogP contribution in [0.4, 0.5) is 15.8 Å². The quantitative estimate of drug-likeness (QED) is 0.729. The first-order chi connectivity index (χ1) is 8.61. The van der Waals surface area contributed by atoms with E-state index in [1.807, 2.05) is 49.2 Å². The van der Waals surface area contributed by atoms with Crippen LogP contribution in [0.1, 0.15) is 11.1 Å². The minimum absolute atomic E-state index is 0.253. The lowest BCUT2D eigenvalue weighted by molar-refractivity contribution is 0.626. The molecule has 0 aliphatic rings. The number of halogens is 2. The summed E-state index contributed by atoms with van der Waals surface area (Å²) >= 11 is 5.69. The molecule has 2 rings (SSSR count). The first-order valence-corrected chi connectivity index (χ1v) is 6.30. The number of nitrogens with zero attached hydrogens (tertiary/aromatic N) is 1.